The van der Waals surface area contributed by atoms with E-state index in [0.717, 1.165) is 11.1 Å². The van der Waals surface area contributed by atoms with Crippen molar-refractivity contribution in [3.05, 3.63) is 112 Å². The molecule has 162 valence electrons. The number of carboxylic acids is 1. The second-order valence-corrected chi connectivity index (χ2v) is 7.98. The minimum atomic E-state index is -1.15. The largest absolute Gasteiger partial charge is 0.504 e. The molecule has 0 saturated carbocycles. The maximum absolute atomic E-state index is 13.5. The number of hydrogen-bond acceptors (Lipinski definition) is 4. The van der Waals surface area contributed by atoms with Crippen LogP contribution in [0.3, 0.4) is 0 Å². The maximum Gasteiger partial charge on any atom is 0.327 e. The lowest BCUT2D eigenvalue weighted by molar-refractivity contribution is -0.141. The van der Waals surface area contributed by atoms with Crippen LogP contribution in [0.4, 0.5) is 0 Å². The van der Waals surface area contributed by atoms with E-state index in [-0.39, 0.29) is 17.4 Å². The first-order valence-corrected chi connectivity index (χ1v) is 10.4. The molecule has 0 saturated heterocycles. The first kappa shape index (κ1) is 20.5. The number of benzene rings is 3. The molecule has 1 atom stereocenters. The van der Waals surface area contributed by atoms with Gasteiger partial charge in [0.25, 0.3) is 5.56 Å². The van der Waals surface area contributed by atoms with Crippen LogP contribution in [0.15, 0.2) is 89.5 Å². The van der Waals surface area contributed by atoms with Crippen LogP contribution in [0.25, 0.3) is 28.0 Å². The second kappa shape index (κ2) is 7.91. The molecule has 1 aromatic heterocycles. The van der Waals surface area contributed by atoms with Crippen LogP contribution in [0.2, 0.25) is 0 Å². The molecule has 0 radical (unpaired) electrons. The van der Waals surface area contributed by atoms with E-state index in [2.05, 4.69) is 0 Å². The molecule has 6 nitrogen and oxygen atoms in total. The molecule has 0 unspecified atom stereocenters. The molecule has 6 heteroatoms. The van der Waals surface area contributed by atoms with Gasteiger partial charge in [0.15, 0.2) is 5.76 Å². The van der Waals surface area contributed by atoms with Gasteiger partial charge >= 0.3 is 5.97 Å². The molecule has 0 fully saturated rings. The van der Waals surface area contributed by atoms with Crippen LogP contribution in [-0.2, 0) is 11.2 Å². The highest BCUT2D eigenvalue weighted by molar-refractivity contribution is 6.24. The van der Waals surface area contributed by atoms with Gasteiger partial charge in [-0.15, -0.1) is 0 Å². The first-order chi connectivity index (χ1) is 16.0. The maximum atomic E-state index is 13.5. The molecule has 3 aromatic carbocycles. The van der Waals surface area contributed by atoms with Crippen molar-refractivity contribution in [3.8, 4) is 11.1 Å². The number of carbonyl (C=O) groups is 2. The van der Waals surface area contributed by atoms with Gasteiger partial charge in [0.05, 0.1) is 0 Å². The summed E-state index contributed by atoms with van der Waals surface area (Å²) in [6, 6.07) is 20.5. The summed E-state index contributed by atoms with van der Waals surface area (Å²) in [6.45, 7) is 0. The zero-order valence-electron chi connectivity index (χ0n) is 17.4. The Kier molecular flexibility index (Phi) is 4.90. The quantitative estimate of drug-likeness (QED) is 0.474. The minimum Gasteiger partial charge on any atom is -0.504 e. The number of aliphatic carboxylic acids is 1. The number of ketones is 1. The molecule has 1 aliphatic rings. The lowest BCUT2D eigenvalue weighted by Gasteiger charge is -2.22. The number of aliphatic hydroxyl groups excluding tert-OH is 1. The Bertz CT molecular complexity index is 1500. The number of allylic oxidation sites excluding steroid dienone is 1. The molecule has 33 heavy (non-hydrogen) atoms. The summed E-state index contributed by atoms with van der Waals surface area (Å²) in [5.74, 6) is -2.16. The summed E-state index contributed by atoms with van der Waals surface area (Å²) < 4.78 is 1.18. The summed E-state index contributed by atoms with van der Waals surface area (Å²) >= 11 is 0. The fraction of sp³-hybridized carbons (Fsp3) is 0.0741. The fourth-order valence-corrected chi connectivity index (χ4v) is 4.41. The van der Waals surface area contributed by atoms with Crippen LogP contribution in [0, 0.1) is 0 Å². The van der Waals surface area contributed by atoms with Gasteiger partial charge in [-0.2, -0.15) is 0 Å². The van der Waals surface area contributed by atoms with Gasteiger partial charge in [0, 0.05) is 34.5 Å². The van der Waals surface area contributed by atoms with Crippen molar-refractivity contribution in [2.75, 3.05) is 0 Å². The Morgan fingerprint density at radius 1 is 0.909 bits per heavy atom. The van der Waals surface area contributed by atoms with Crippen LogP contribution in [0.5, 0.6) is 0 Å². The van der Waals surface area contributed by atoms with Crippen molar-refractivity contribution in [2.45, 2.75) is 12.5 Å². The Morgan fingerprint density at radius 3 is 2.24 bits per heavy atom. The number of Topliss-reactive ketones (excluding diaryl/α,β-unsaturated/α-hetero) is 1. The molecule has 0 bridgehead atoms. The highest BCUT2D eigenvalue weighted by Crippen LogP contribution is 2.36. The van der Waals surface area contributed by atoms with E-state index in [1.807, 2.05) is 48.5 Å². The summed E-state index contributed by atoms with van der Waals surface area (Å²) in [7, 11) is 0. The normalized spacial score (nSPS) is 13.6. The number of pyridine rings is 1. The molecule has 2 N–H and O–H groups in total. The van der Waals surface area contributed by atoms with Crippen LogP contribution < -0.4 is 5.56 Å². The molecule has 0 amide bonds. The first-order valence-electron chi connectivity index (χ1n) is 10.4. The van der Waals surface area contributed by atoms with Crippen molar-refractivity contribution in [1.29, 1.82) is 0 Å². The Labute approximate surface area is 188 Å². The SMILES string of the molecule is O=C1C(O)=Cc2cn([C@H](Cc3ccccc3)C(=O)O)c(=O)c3ccc(-c4ccccc4)c1c23. The van der Waals surface area contributed by atoms with Crippen molar-refractivity contribution in [3.63, 3.8) is 0 Å². The summed E-state index contributed by atoms with van der Waals surface area (Å²) in [6.07, 6.45) is 2.84. The lowest BCUT2D eigenvalue weighted by atomic mass is 9.86. The number of aromatic nitrogens is 1. The number of hydrogen-bond donors (Lipinski definition) is 2. The Hall–Kier alpha value is -4.45. The van der Waals surface area contributed by atoms with E-state index in [0.29, 0.717) is 16.5 Å². The highest BCUT2D eigenvalue weighted by atomic mass is 16.4. The molecule has 1 heterocycles. The van der Waals surface area contributed by atoms with E-state index in [1.54, 1.807) is 24.3 Å². The van der Waals surface area contributed by atoms with Crippen molar-refractivity contribution < 1.29 is 19.8 Å². The third kappa shape index (κ3) is 3.42. The van der Waals surface area contributed by atoms with Gasteiger partial charge in [-0.3, -0.25) is 14.2 Å². The van der Waals surface area contributed by atoms with E-state index in [1.165, 1.54) is 16.8 Å². The van der Waals surface area contributed by atoms with Crippen LogP contribution >= 0.6 is 0 Å². The minimum absolute atomic E-state index is 0.116. The van der Waals surface area contributed by atoms with Gasteiger partial charge in [-0.25, -0.2) is 4.79 Å². The monoisotopic (exact) mass is 437 g/mol. The van der Waals surface area contributed by atoms with E-state index < -0.39 is 29.1 Å². The van der Waals surface area contributed by atoms with Gasteiger partial charge in [0.2, 0.25) is 5.78 Å². The zero-order chi connectivity index (χ0) is 23.1. The average Bonchev–Trinajstić information content (AvgIpc) is 2.83. The van der Waals surface area contributed by atoms with Gasteiger partial charge in [-0.1, -0.05) is 66.7 Å². The fourth-order valence-electron chi connectivity index (χ4n) is 4.41. The zero-order valence-corrected chi connectivity index (χ0v) is 17.4. The standard InChI is InChI=1S/C27H19NO5/c29-22-14-18-15-28(21(27(32)33)13-16-7-3-1-4-8-16)26(31)20-12-11-19(17-9-5-2-6-10-17)24(23(18)20)25(22)30/h1-12,14-15,21,29H,13H2,(H,32,33)/t21-/m1/s1. The third-order valence-electron chi connectivity index (χ3n) is 5.97. The summed E-state index contributed by atoms with van der Waals surface area (Å²) in [5.41, 5.74) is 2.33. The average molecular weight is 437 g/mol. The van der Waals surface area contributed by atoms with Crippen molar-refractivity contribution >= 4 is 28.6 Å². The number of aliphatic hydroxyl groups is 1. The number of carbonyl (C=O) groups excluding carboxylic acids is 1. The Balaban J connectivity index is 1.77. The van der Waals surface area contributed by atoms with E-state index in [4.69, 9.17) is 0 Å². The van der Waals surface area contributed by atoms with Gasteiger partial charge in [0.1, 0.15) is 6.04 Å². The molecule has 5 rings (SSSR count). The molecule has 1 aliphatic carbocycles. The number of nitrogens with zero attached hydrogens (tertiary/aromatic N) is 1. The van der Waals surface area contributed by atoms with Crippen molar-refractivity contribution in [2.24, 2.45) is 0 Å². The third-order valence-corrected chi connectivity index (χ3v) is 5.97. The number of rotatable bonds is 5. The lowest BCUT2D eigenvalue weighted by Crippen LogP contribution is -2.32. The summed E-state index contributed by atoms with van der Waals surface area (Å²) in [5, 5.41) is 21.0. The van der Waals surface area contributed by atoms with Crippen molar-refractivity contribution in [1.82, 2.24) is 4.57 Å². The smallest absolute Gasteiger partial charge is 0.327 e. The van der Waals surface area contributed by atoms with Gasteiger partial charge < -0.3 is 10.2 Å². The van der Waals surface area contributed by atoms with Crippen LogP contribution in [-0.4, -0.2) is 26.5 Å². The Morgan fingerprint density at radius 2 is 1.58 bits per heavy atom. The topological polar surface area (TPSA) is 96.6 Å². The predicted octanol–water partition coefficient (Wildman–Crippen LogP) is 4.63. The number of carboxylic acid groups (broad SMARTS) is 1. The predicted molar refractivity (Wildman–Crippen MR) is 125 cm³/mol. The second-order valence-electron chi connectivity index (χ2n) is 7.98. The van der Waals surface area contributed by atoms with E-state index in [9.17, 15) is 24.6 Å². The highest BCUT2D eigenvalue weighted by Gasteiger charge is 2.29. The molecule has 4 aromatic rings. The molecular weight excluding hydrogens is 418 g/mol. The molecular formula is C27H19NO5. The summed E-state index contributed by atoms with van der Waals surface area (Å²) in [4.78, 5) is 38.6. The van der Waals surface area contributed by atoms with Crippen LogP contribution in [0.1, 0.15) is 27.5 Å². The van der Waals surface area contributed by atoms with Gasteiger partial charge in [-0.05, 0) is 28.8 Å². The molecule has 0 aliphatic heterocycles. The molecule has 0 spiro atoms. The van der Waals surface area contributed by atoms with E-state index >= 15 is 0 Å².